The van der Waals surface area contributed by atoms with E-state index in [1.165, 1.54) is 5.56 Å². The Morgan fingerprint density at radius 2 is 1.80 bits per heavy atom. The average molecular weight is 200 g/mol. The molecule has 0 saturated heterocycles. The van der Waals surface area contributed by atoms with E-state index in [-0.39, 0.29) is 0 Å². The predicted octanol–water partition coefficient (Wildman–Crippen LogP) is 4.56. The second kappa shape index (κ2) is 5.91. The standard InChI is InChI=1S/C13H16N2/c1-4-6-12(5-2)14-15-13-9-7-11(3)8-10-13/h4-10H,1-3H3/b6-4-,12-5+,15-14+. The molecule has 0 bridgehead atoms. The lowest BCUT2D eigenvalue weighted by Gasteiger charge is -1.94. The first-order valence-corrected chi connectivity index (χ1v) is 5.03. The lowest BCUT2D eigenvalue weighted by Crippen LogP contribution is -1.70. The Balaban J connectivity index is 2.76. The fourth-order valence-electron chi connectivity index (χ4n) is 1.08. The molecule has 1 aromatic rings. The van der Waals surface area contributed by atoms with Gasteiger partial charge < -0.3 is 0 Å². The number of allylic oxidation sites excluding steroid dienone is 3. The van der Waals surface area contributed by atoms with Gasteiger partial charge in [0.15, 0.2) is 0 Å². The van der Waals surface area contributed by atoms with Gasteiger partial charge >= 0.3 is 0 Å². The number of aryl methyl sites for hydroxylation is 1. The summed E-state index contributed by atoms with van der Waals surface area (Å²) >= 11 is 0. The van der Waals surface area contributed by atoms with E-state index in [9.17, 15) is 0 Å². The highest BCUT2D eigenvalue weighted by molar-refractivity contribution is 5.38. The van der Waals surface area contributed by atoms with Crippen LogP contribution in [0.1, 0.15) is 19.4 Å². The molecule has 0 radical (unpaired) electrons. The maximum absolute atomic E-state index is 4.14. The molecule has 0 fully saturated rings. The summed E-state index contributed by atoms with van der Waals surface area (Å²) in [7, 11) is 0. The molecule has 78 valence electrons. The van der Waals surface area contributed by atoms with Crippen LogP contribution >= 0.6 is 0 Å². The molecule has 0 unspecified atom stereocenters. The molecule has 2 nitrogen and oxygen atoms in total. The van der Waals surface area contributed by atoms with Crippen LogP contribution in [0.2, 0.25) is 0 Å². The molecule has 0 N–H and O–H groups in total. The highest BCUT2D eigenvalue weighted by Gasteiger charge is 1.89. The van der Waals surface area contributed by atoms with Gasteiger partial charge in [0.1, 0.15) is 0 Å². The maximum atomic E-state index is 4.14. The van der Waals surface area contributed by atoms with Crippen molar-refractivity contribution in [2.45, 2.75) is 20.8 Å². The molecule has 1 aromatic carbocycles. The molecule has 0 heterocycles. The number of benzene rings is 1. The van der Waals surface area contributed by atoms with Crippen molar-refractivity contribution < 1.29 is 0 Å². The number of hydrogen-bond acceptors (Lipinski definition) is 2. The Bertz CT molecular complexity index is 384. The molecule has 0 atom stereocenters. The van der Waals surface area contributed by atoms with Crippen molar-refractivity contribution in [2.75, 3.05) is 0 Å². The highest BCUT2D eigenvalue weighted by atomic mass is 15.1. The van der Waals surface area contributed by atoms with Crippen LogP contribution in [-0.4, -0.2) is 0 Å². The topological polar surface area (TPSA) is 24.7 Å². The smallest absolute Gasteiger partial charge is 0.0857 e. The summed E-state index contributed by atoms with van der Waals surface area (Å²) in [6, 6.07) is 7.97. The summed E-state index contributed by atoms with van der Waals surface area (Å²) in [6.45, 7) is 5.96. The first-order chi connectivity index (χ1) is 7.26. The normalized spacial score (nSPS) is 12.9. The van der Waals surface area contributed by atoms with Gasteiger partial charge in [-0.05, 0) is 39.0 Å². The van der Waals surface area contributed by atoms with E-state index in [4.69, 9.17) is 0 Å². The first-order valence-electron chi connectivity index (χ1n) is 5.03. The molecule has 0 spiro atoms. The second-order valence-corrected chi connectivity index (χ2v) is 3.25. The van der Waals surface area contributed by atoms with Crippen LogP contribution in [0.3, 0.4) is 0 Å². The number of nitrogens with zero attached hydrogens (tertiary/aromatic N) is 2. The van der Waals surface area contributed by atoms with E-state index < -0.39 is 0 Å². The lowest BCUT2D eigenvalue weighted by atomic mass is 10.2. The minimum absolute atomic E-state index is 0.873. The van der Waals surface area contributed by atoms with Crippen molar-refractivity contribution >= 4 is 5.69 Å². The third-order valence-corrected chi connectivity index (χ3v) is 1.95. The van der Waals surface area contributed by atoms with Gasteiger partial charge in [-0.15, -0.1) is 0 Å². The first kappa shape index (κ1) is 11.4. The van der Waals surface area contributed by atoms with Crippen LogP contribution in [0.25, 0.3) is 0 Å². The summed E-state index contributed by atoms with van der Waals surface area (Å²) in [5.41, 5.74) is 2.98. The Morgan fingerprint density at radius 3 is 2.33 bits per heavy atom. The van der Waals surface area contributed by atoms with Crippen LogP contribution in [0.15, 0.2) is 58.4 Å². The van der Waals surface area contributed by atoms with Crippen LogP contribution in [-0.2, 0) is 0 Å². The number of azo groups is 1. The summed E-state index contributed by atoms with van der Waals surface area (Å²) in [5.74, 6) is 0. The van der Waals surface area contributed by atoms with Gasteiger partial charge in [0.05, 0.1) is 11.4 Å². The molecule has 0 saturated carbocycles. The van der Waals surface area contributed by atoms with Gasteiger partial charge in [0.2, 0.25) is 0 Å². The predicted molar refractivity (Wildman–Crippen MR) is 64.3 cm³/mol. The highest BCUT2D eigenvalue weighted by Crippen LogP contribution is 2.14. The molecule has 0 amide bonds. The fourth-order valence-corrected chi connectivity index (χ4v) is 1.08. The third kappa shape index (κ3) is 3.90. The summed E-state index contributed by atoms with van der Waals surface area (Å²) < 4.78 is 0. The van der Waals surface area contributed by atoms with Crippen LogP contribution < -0.4 is 0 Å². The minimum Gasteiger partial charge on any atom is -0.151 e. The van der Waals surface area contributed by atoms with Crippen molar-refractivity contribution in [1.29, 1.82) is 0 Å². The van der Waals surface area contributed by atoms with Gasteiger partial charge in [0.25, 0.3) is 0 Å². The minimum atomic E-state index is 0.873. The molecular weight excluding hydrogens is 184 g/mol. The van der Waals surface area contributed by atoms with Crippen molar-refractivity contribution in [3.05, 3.63) is 53.8 Å². The maximum Gasteiger partial charge on any atom is 0.0857 e. The second-order valence-electron chi connectivity index (χ2n) is 3.25. The number of rotatable bonds is 3. The largest absolute Gasteiger partial charge is 0.151 e. The van der Waals surface area contributed by atoms with Gasteiger partial charge in [-0.25, -0.2) is 0 Å². The van der Waals surface area contributed by atoms with Gasteiger partial charge in [-0.2, -0.15) is 10.2 Å². The third-order valence-electron chi connectivity index (χ3n) is 1.95. The lowest BCUT2D eigenvalue weighted by molar-refractivity contribution is 1.16. The zero-order valence-corrected chi connectivity index (χ0v) is 9.44. The number of hydrogen-bond donors (Lipinski definition) is 0. The summed E-state index contributed by atoms with van der Waals surface area (Å²) in [6.07, 6.45) is 5.80. The molecule has 2 heteroatoms. The molecule has 1 rings (SSSR count). The molecule has 0 aromatic heterocycles. The summed E-state index contributed by atoms with van der Waals surface area (Å²) in [5, 5.41) is 8.27. The van der Waals surface area contributed by atoms with Crippen LogP contribution in [0, 0.1) is 6.92 Å². The molecular formula is C13H16N2. The molecule has 15 heavy (non-hydrogen) atoms. The Morgan fingerprint density at radius 1 is 1.13 bits per heavy atom. The van der Waals surface area contributed by atoms with Crippen molar-refractivity contribution in [3.8, 4) is 0 Å². The van der Waals surface area contributed by atoms with E-state index >= 15 is 0 Å². The van der Waals surface area contributed by atoms with E-state index in [2.05, 4.69) is 17.2 Å². The average Bonchev–Trinajstić information content (AvgIpc) is 2.26. The molecule has 0 aliphatic carbocycles. The van der Waals surface area contributed by atoms with E-state index in [1.807, 2.05) is 56.3 Å². The Hall–Kier alpha value is -1.70. The summed E-state index contributed by atoms with van der Waals surface area (Å²) in [4.78, 5) is 0. The van der Waals surface area contributed by atoms with E-state index in [1.54, 1.807) is 0 Å². The molecule has 0 aliphatic rings. The van der Waals surface area contributed by atoms with Gasteiger partial charge in [-0.1, -0.05) is 29.8 Å². The SMILES string of the molecule is C\C=C/C(=C\C)/N=N/c1ccc(C)cc1. The van der Waals surface area contributed by atoms with E-state index in [0.717, 1.165) is 11.4 Å². The quantitative estimate of drug-likeness (QED) is 0.505. The van der Waals surface area contributed by atoms with Gasteiger partial charge in [0, 0.05) is 0 Å². The van der Waals surface area contributed by atoms with Crippen molar-refractivity contribution in [1.82, 2.24) is 0 Å². The zero-order valence-electron chi connectivity index (χ0n) is 9.44. The van der Waals surface area contributed by atoms with E-state index in [0.29, 0.717) is 0 Å². The van der Waals surface area contributed by atoms with Crippen LogP contribution in [0.4, 0.5) is 5.69 Å². The van der Waals surface area contributed by atoms with Crippen LogP contribution in [0.5, 0.6) is 0 Å². The van der Waals surface area contributed by atoms with Crippen molar-refractivity contribution in [2.24, 2.45) is 10.2 Å². The Kier molecular flexibility index (Phi) is 4.48. The van der Waals surface area contributed by atoms with Crippen molar-refractivity contribution in [3.63, 3.8) is 0 Å². The fraction of sp³-hybridized carbons (Fsp3) is 0.231. The zero-order chi connectivity index (χ0) is 11.1. The molecule has 0 aliphatic heterocycles. The Labute approximate surface area is 91.1 Å². The monoisotopic (exact) mass is 200 g/mol. The van der Waals surface area contributed by atoms with Gasteiger partial charge in [-0.3, -0.25) is 0 Å².